The second-order valence-electron chi connectivity index (χ2n) is 6.04. The van der Waals surface area contributed by atoms with Gasteiger partial charge in [0.15, 0.2) is 6.61 Å². The van der Waals surface area contributed by atoms with Gasteiger partial charge in [-0.05, 0) is 66.3 Å². The topological polar surface area (TPSA) is 58.6 Å². The van der Waals surface area contributed by atoms with Gasteiger partial charge in [-0.15, -0.1) is 0 Å². The molecule has 0 aliphatic carbocycles. The molecule has 0 radical (unpaired) electrons. The number of amides is 2. The molecule has 6 heteroatoms. The molecular weight excluding hydrogens is 443 g/mol. The van der Waals surface area contributed by atoms with Crippen molar-refractivity contribution in [2.24, 2.45) is 0 Å². The third kappa shape index (κ3) is 5.72. The third-order valence-corrected chi connectivity index (χ3v) is 4.78. The molecule has 0 heterocycles. The molecule has 0 saturated heterocycles. The first kappa shape index (κ1) is 20.2. The smallest absolute Gasteiger partial charge is 0.261 e. The fourth-order valence-electron chi connectivity index (χ4n) is 2.44. The number of aryl methyl sites for hydroxylation is 1. The average molecular weight is 466 g/mol. The van der Waals surface area contributed by atoms with Crippen LogP contribution in [0.3, 0.4) is 0 Å². The second-order valence-corrected chi connectivity index (χ2v) is 7.29. The van der Waals surface area contributed by atoms with E-state index in [0.717, 1.165) is 14.7 Å². The summed E-state index contributed by atoms with van der Waals surface area (Å²) in [4.78, 5) is 26.3. The number of halogens is 1. The summed E-state index contributed by atoms with van der Waals surface area (Å²) >= 11 is 2.21. The van der Waals surface area contributed by atoms with Crippen LogP contribution < -0.4 is 10.1 Å². The molecule has 0 fully saturated rings. The largest absolute Gasteiger partial charge is 0.484 e. The van der Waals surface area contributed by atoms with Crippen LogP contribution >= 0.6 is 22.6 Å². The van der Waals surface area contributed by atoms with Crippen molar-refractivity contribution in [3.05, 3.63) is 63.2 Å². The second kappa shape index (κ2) is 9.56. The minimum atomic E-state index is -0.589. The van der Waals surface area contributed by atoms with Gasteiger partial charge >= 0.3 is 0 Å². The van der Waals surface area contributed by atoms with Crippen LogP contribution in [0.1, 0.15) is 18.1 Å². The number of rotatable bonds is 7. The molecule has 0 saturated carbocycles. The normalized spacial score (nSPS) is 11.5. The highest BCUT2D eigenvalue weighted by Gasteiger charge is 2.25. The number of carbonyl (C=O) groups is 2. The molecule has 0 aromatic heterocycles. The Hall–Kier alpha value is -2.09. The lowest BCUT2D eigenvalue weighted by Gasteiger charge is -2.28. The summed E-state index contributed by atoms with van der Waals surface area (Å²) < 4.78 is 6.69. The molecule has 26 heavy (non-hydrogen) atoms. The SMILES string of the molecule is CNC(=O)C(C)N(Cc1ccc(C)cc1)C(=O)COc1ccc(I)cc1. The van der Waals surface area contributed by atoms with Gasteiger partial charge in [-0.2, -0.15) is 0 Å². The molecule has 2 aromatic carbocycles. The predicted octanol–water partition coefficient (Wildman–Crippen LogP) is 3.14. The van der Waals surface area contributed by atoms with Gasteiger partial charge in [-0.3, -0.25) is 9.59 Å². The lowest BCUT2D eigenvalue weighted by Crippen LogP contribution is -2.48. The third-order valence-electron chi connectivity index (χ3n) is 4.06. The van der Waals surface area contributed by atoms with Gasteiger partial charge < -0.3 is 15.0 Å². The highest BCUT2D eigenvalue weighted by Crippen LogP contribution is 2.15. The molecule has 5 nitrogen and oxygen atoms in total. The number of nitrogens with zero attached hydrogens (tertiary/aromatic N) is 1. The van der Waals surface area contributed by atoms with Crippen molar-refractivity contribution in [2.45, 2.75) is 26.4 Å². The molecule has 2 aromatic rings. The molecule has 2 rings (SSSR count). The van der Waals surface area contributed by atoms with Gasteiger partial charge in [-0.25, -0.2) is 0 Å². The van der Waals surface area contributed by atoms with Crippen LogP contribution in [0.4, 0.5) is 0 Å². The first-order chi connectivity index (χ1) is 12.4. The predicted molar refractivity (Wildman–Crippen MR) is 110 cm³/mol. The summed E-state index contributed by atoms with van der Waals surface area (Å²) in [7, 11) is 1.56. The van der Waals surface area contributed by atoms with Crippen molar-refractivity contribution in [3.63, 3.8) is 0 Å². The maximum Gasteiger partial charge on any atom is 0.261 e. The zero-order valence-electron chi connectivity index (χ0n) is 15.2. The van der Waals surface area contributed by atoms with E-state index < -0.39 is 6.04 Å². The lowest BCUT2D eigenvalue weighted by atomic mass is 10.1. The number of likely N-dealkylation sites (N-methyl/N-ethyl adjacent to an activating group) is 1. The maximum atomic E-state index is 12.7. The van der Waals surface area contributed by atoms with Gasteiger partial charge in [0.05, 0.1) is 0 Å². The highest BCUT2D eigenvalue weighted by molar-refractivity contribution is 14.1. The van der Waals surface area contributed by atoms with Crippen molar-refractivity contribution < 1.29 is 14.3 Å². The Morgan fingerprint density at radius 2 is 1.73 bits per heavy atom. The van der Waals surface area contributed by atoms with E-state index in [2.05, 4.69) is 27.9 Å². The van der Waals surface area contributed by atoms with Crippen LogP contribution in [0.15, 0.2) is 48.5 Å². The van der Waals surface area contributed by atoms with Gasteiger partial charge in [0, 0.05) is 17.2 Å². The van der Waals surface area contributed by atoms with E-state index in [1.165, 1.54) is 4.90 Å². The lowest BCUT2D eigenvalue weighted by molar-refractivity contribution is -0.142. The van der Waals surface area contributed by atoms with Crippen molar-refractivity contribution in [1.82, 2.24) is 10.2 Å². The zero-order valence-corrected chi connectivity index (χ0v) is 17.3. The maximum absolute atomic E-state index is 12.7. The Labute approximate surface area is 167 Å². The van der Waals surface area contributed by atoms with Crippen LogP contribution in [0.2, 0.25) is 0 Å². The number of benzene rings is 2. The standard InChI is InChI=1S/C20H23IN2O3/c1-14-4-6-16(7-5-14)12-23(15(2)20(25)22-3)19(24)13-26-18-10-8-17(21)9-11-18/h4-11,15H,12-13H2,1-3H3,(H,22,25). The summed E-state index contributed by atoms with van der Waals surface area (Å²) in [5.74, 6) is 0.182. The van der Waals surface area contributed by atoms with E-state index in [9.17, 15) is 9.59 Å². The van der Waals surface area contributed by atoms with Crippen molar-refractivity contribution in [2.75, 3.05) is 13.7 Å². The van der Waals surface area contributed by atoms with E-state index in [0.29, 0.717) is 12.3 Å². The number of nitrogens with one attached hydrogen (secondary N) is 1. The Morgan fingerprint density at radius 3 is 2.31 bits per heavy atom. The van der Waals surface area contributed by atoms with Gasteiger partial charge in [0.25, 0.3) is 5.91 Å². The minimum absolute atomic E-state index is 0.117. The highest BCUT2D eigenvalue weighted by atomic mass is 127. The molecule has 0 spiro atoms. The van der Waals surface area contributed by atoms with E-state index >= 15 is 0 Å². The summed E-state index contributed by atoms with van der Waals surface area (Å²) in [6.45, 7) is 3.96. The monoisotopic (exact) mass is 466 g/mol. The summed E-state index contributed by atoms with van der Waals surface area (Å²) in [5.41, 5.74) is 2.11. The summed E-state index contributed by atoms with van der Waals surface area (Å²) in [6, 6.07) is 14.8. The van der Waals surface area contributed by atoms with Crippen LogP contribution in [0.5, 0.6) is 5.75 Å². The van der Waals surface area contributed by atoms with Gasteiger partial charge in [0.1, 0.15) is 11.8 Å². The Morgan fingerprint density at radius 1 is 1.12 bits per heavy atom. The summed E-state index contributed by atoms with van der Waals surface area (Å²) in [6.07, 6.45) is 0. The Balaban J connectivity index is 2.10. The number of ether oxygens (including phenoxy) is 1. The number of hydrogen-bond acceptors (Lipinski definition) is 3. The molecule has 1 unspecified atom stereocenters. The molecular formula is C20H23IN2O3. The fraction of sp³-hybridized carbons (Fsp3) is 0.300. The van der Waals surface area contributed by atoms with Crippen molar-refractivity contribution >= 4 is 34.4 Å². The summed E-state index contributed by atoms with van der Waals surface area (Å²) in [5, 5.41) is 2.60. The molecule has 1 atom stereocenters. The zero-order chi connectivity index (χ0) is 19.1. The Bertz CT molecular complexity index is 745. The van der Waals surface area contributed by atoms with Crippen LogP contribution in [-0.2, 0) is 16.1 Å². The Kier molecular flexibility index (Phi) is 7.44. The number of carbonyl (C=O) groups excluding carboxylic acids is 2. The quantitative estimate of drug-likeness (QED) is 0.639. The molecule has 0 aliphatic heterocycles. The molecule has 1 N–H and O–H groups in total. The average Bonchev–Trinajstić information content (AvgIpc) is 2.65. The van der Waals surface area contributed by atoms with Crippen molar-refractivity contribution in [1.29, 1.82) is 0 Å². The number of hydrogen-bond donors (Lipinski definition) is 1. The molecule has 2 amide bonds. The molecule has 0 bridgehead atoms. The minimum Gasteiger partial charge on any atom is -0.484 e. The van der Waals surface area contributed by atoms with E-state index in [-0.39, 0.29) is 18.4 Å². The molecule has 0 aliphatic rings. The first-order valence-electron chi connectivity index (χ1n) is 8.35. The van der Waals surface area contributed by atoms with Crippen LogP contribution in [0, 0.1) is 10.5 Å². The van der Waals surface area contributed by atoms with E-state index in [1.807, 2.05) is 55.5 Å². The fourth-order valence-corrected chi connectivity index (χ4v) is 2.80. The van der Waals surface area contributed by atoms with Crippen LogP contribution in [-0.4, -0.2) is 36.4 Å². The van der Waals surface area contributed by atoms with E-state index in [1.54, 1.807) is 14.0 Å². The van der Waals surface area contributed by atoms with Gasteiger partial charge in [0.2, 0.25) is 5.91 Å². The van der Waals surface area contributed by atoms with Crippen molar-refractivity contribution in [3.8, 4) is 5.75 Å². The van der Waals surface area contributed by atoms with Crippen LogP contribution in [0.25, 0.3) is 0 Å². The molecule has 138 valence electrons. The first-order valence-corrected chi connectivity index (χ1v) is 9.43. The van der Waals surface area contributed by atoms with Gasteiger partial charge in [-0.1, -0.05) is 29.8 Å². The van der Waals surface area contributed by atoms with E-state index in [4.69, 9.17) is 4.74 Å².